The van der Waals surface area contributed by atoms with E-state index >= 15 is 4.39 Å². The van der Waals surface area contributed by atoms with Crippen molar-refractivity contribution in [2.75, 3.05) is 7.11 Å². The van der Waals surface area contributed by atoms with E-state index in [0.717, 1.165) is 24.4 Å². The third kappa shape index (κ3) is 2.60. The van der Waals surface area contributed by atoms with Gasteiger partial charge in [-0.1, -0.05) is 13.0 Å². The first kappa shape index (κ1) is 18.9. The minimum Gasteiger partial charge on any atom is -0.504 e. The number of phenols is 1. The molecule has 0 saturated heterocycles. The topological polar surface area (TPSA) is 84.3 Å². The van der Waals surface area contributed by atoms with Crippen molar-refractivity contribution in [1.82, 2.24) is 8.94 Å². The molecular weight excluding hydrogens is 407 g/mol. The van der Waals surface area contributed by atoms with Gasteiger partial charge in [-0.3, -0.25) is 14.0 Å². The second-order valence-electron chi connectivity index (χ2n) is 7.49. The summed E-state index contributed by atoms with van der Waals surface area (Å²) >= 11 is 1.15. The number of aromatic hydroxyl groups is 1. The molecule has 1 saturated carbocycles. The van der Waals surface area contributed by atoms with Gasteiger partial charge in [-0.05, 0) is 60.1 Å². The van der Waals surface area contributed by atoms with Crippen LogP contribution in [0.4, 0.5) is 4.39 Å². The number of nitrogens with one attached hydrogen (secondary N) is 1. The van der Waals surface area contributed by atoms with E-state index < -0.39 is 16.8 Å². The van der Waals surface area contributed by atoms with Crippen LogP contribution >= 0.6 is 11.5 Å². The normalized spacial score (nSPS) is 14.0. The van der Waals surface area contributed by atoms with Gasteiger partial charge in [-0.15, -0.1) is 0 Å². The third-order valence-electron chi connectivity index (χ3n) is 5.70. The molecule has 8 heteroatoms. The molecule has 4 aromatic rings. The standard InChI is InChI=1S/C22H19FN2O4S/c1-3-12-17(10-4-7-15(26)16(8-10)29-2)14(23)9-13-19(12)25(11-5-6-11)22-18(20(13)27)21(28)24-30-22/h4,7-9,11,26H,3,5-6H2,1-2H3,(H,24,28). The average molecular weight is 426 g/mol. The van der Waals surface area contributed by atoms with E-state index in [1.165, 1.54) is 19.2 Å². The summed E-state index contributed by atoms with van der Waals surface area (Å²) < 4.78 is 25.3. The highest BCUT2D eigenvalue weighted by atomic mass is 32.1. The number of aryl methyl sites for hydroxylation is 1. The van der Waals surface area contributed by atoms with E-state index in [2.05, 4.69) is 4.37 Å². The number of hydrogen-bond donors (Lipinski definition) is 2. The lowest BCUT2D eigenvalue weighted by molar-refractivity contribution is 0.373. The smallest absolute Gasteiger partial charge is 0.271 e. The Morgan fingerprint density at radius 2 is 2.07 bits per heavy atom. The summed E-state index contributed by atoms with van der Waals surface area (Å²) in [4.78, 5) is 26.0. The summed E-state index contributed by atoms with van der Waals surface area (Å²) in [5.41, 5.74) is 1.43. The summed E-state index contributed by atoms with van der Waals surface area (Å²) in [7, 11) is 1.44. The number of methoxy groups -OCH3 is 1. The number of hydrogen-bond acceptors (Lipinski definition) is 5. The number of aromatic nitrogens is 2. The SMILES string of the molecule is CCc1c(-c2ccc(O)c(OC)c2)c(F)cc2c(=O)c3c(=O)[nH]sc3n(C3CC3)c12. The Balaban J connectivity index is 1.97. The van der Waals surface area contributed by atoms with Gasteiger partial charge in [0.15, 0.2) is 11.5 Å². The van der Waals surface area contributed by atoms with Crippen LogP contribution < -0.4 is 15.7 Å². The Hall–Kier alpha value is -3.13. The third-order valence-corrected chi connectivity index (χ3v) is 6.58. The molecule has 30 heavy (non-hydrogen) atoms. The van der Waals surface area contributed by atoms with Gasteiger partial charge >= 0.3 is 0 Å². The highest BCUT2D eigenvalue weighted by Gasteiger charge is 2.31. The van der Waals surface area contributed by atoms with E-state index in [1.54, 1.807) is 12.1 Å². The molecule has 2 aromatic carbocycles. The largest absolute Gasteiger partial charge is 0.504 e. The number of rotatable bonds is 4. The number of aromatic amines is 1. The molecule has 1 aliphatic rings. The second-order valence-corrected chi connectivity index (χ2v) is 8.29. The fraction of sp³-hybridized carbons (Fsp3) is 0.273. The van der Waals surface area contributed by atoms with Crippen molar-refractivity contribution in [3.63, 3.8) is 0 Å². The zero-order valence-corrected chi connectivity index (χ0v) is 17.2. The molecule has 0 unspecified atom stereocenters. The van der Waals surface area contributed by atoms with Gasteiger partial charge in [-0.2, -0.15) is 0 Å². The van der Waals surface area contributed by atoms with Crippen LogP contribution in [0.15, 0.2) is 33.9 Å². The quantitative estimate of drug-likeness (QED) is 0.509. The van der Waals surface area contributed by atoms with Crippen molar-refractivity contribution < 1.29 is 14.2 Å². The summed E-state index contributed by atoms with van der Waals surface area (Å²) in [6.45, 7) is 1.92. The molecule has 1 aliphatic carbocycles. The van der Waals surface area contributed by atoms with Crippen molar-refractivity contribution in [3.8, 4) is 22.6 Å². The molecule has 0 bridgehead atoms. The Labute approximate surface area is 174 Å². The lowest BCUT2D eigenvalue weighted by Crippen LogP contribution is -2.17. The van der Waals surface area contributed by atoms with Gasteiger partial charge in [0.25, 0.3) is 5.56 Å². The minimum atomic E-state index is -0.544. The van der Waals surface area contributed by atoms with Crippen LogP contribution in [-0.2, 0) is 6.42 Å². The molecule has 6 nitrogen and oxygen atoms in total. The summed E-state index contributed by atoms with van der Waals surface area (Å²) in [5.74, 6) is -0.334. The lowest BCUT2D eigenvalue weighted by atomic mass is 9.93. The lowest BCUT2D eigenvalue weighted by Gasteiger charge is -2.19. The maximum absolute atomic E-state index is 15.4. The van der Waals surface area contributed by atoms with Crippen molar-refractivity contribution in [3.05, 3.63) is 56.2 Å². The predicted octanol–water partition coefficient (Wildman–Crippen LogP) is 4.32. The second kappa shape index (κ2) is 6.70. The van der Waals surface area contributed by atoms with E-state index in [-0.39, 0.29) is 28.3 Å². The zero-order chi connectivity index (χ0) is 21.2. The molecule has 2 aromatic heterocycles. The van der Waals surface area contributed by atoms with Crippen LogP contribution in [0.1, 0.15) is 31.4 Å². The minimum absolute atomic E-state index is 0.0332. The molecule has 1 fully saturated rings. The Morgan fingerprint density at radius 3 is 2.73 bits per heavy atom. The summed E-state index contributed by atoms with van der Waals surface area (Å²) in [6.07, 6.45) is 2.38. The van der Waals surface area contributed by atoms with Crippen molar-refractivity contribution in [2.24, 2.45) is 0 Å². The maximum atomic E-state index is 15.4. The van der Waals surface area contributed by atoms with E-state index in [0.29, 0.717) is 33.5 Å². The molecule has 0 atom stereocenters. The molecule has 154 valence electrons. The van der Waals surface area contributed by atoms with E-state index in [9.17, 15) is 14.7 Å². The monoisotopic (exact) mass is 426 g/mol. The van der Waals surface area contributed by atoms with Crippen molar-refractivity contribution in [1.29, 1.82) is 0 Å². The highest BCUT2D eigenvalue weighted by molar-refractivity contribution is 7.12. The number of phenolic OH excluding ortho intramolecular Hbond substituents is 1. The average Bonchev–Trinajstić information content (AvgIpc) is 3.50. The summed E-state index contributed by atoms with van der Waals surface area (Å²) in [6, 6.07) is 6.10. The number of fused-ring (bicyclic) bond motifs is 2. The van der Waals surface area contributed by atoms with Gasteiger partial charge in [0.2, 0.25) is 5.43 Å². The van der Waals surface area contributed by atoms with Crippen molar-refractivity contribution in [2.45, 2.75) is 32.2 Å². The number of H-pyrrole nitrogens is 1. The molecular formula is C22H19FN2O4S. The van der Waals surface area contributed by atoms with Crippen LogP contribution in [0.25, 0.3) is 32.2 Å². The van der Waals surface area contributed by atoms with Gasteiger partial charge in [-0.25, -0.2) is 4.39 Å². The Kier molecular flexibility index (Phi) is 4.21. The molecule has 0 amide bonds. The van der Waals surface area contributed by atoms with Crippen LogP contribution in [0.2, 0.25) is 0 Å². The fourth-order valence-corrected chi connectivity index (χ4v) is 5.13. The number of pyridine rings is 1. The summed E-state index contributed by atoms with van der Waals surface area (Å²) in [5, 5.41) is 10.3. The van der Waals surface area contributed by atoms with Gasteiger partial charge in [0.05, 0.1) is 12.6 Å². The van der Waals surface area contributed by atoms with Crippen LogP contribution in [0.5, 0.6) is 11.5 Å². The van der Waals surface area contributed by atoms with E-state index in [1.807, 2.05) is 11.5 Å². The first-order chi connectivity index (χ1) is 14.5. The first-order valence-corrected chi connectivity index (χ1v) is 10.6. The number of benzene rings is 2. The number of halogens is 1. The molecule has 2 heterocycles. The van der Waals surface area contributed by atoms with Crippen LogP contribution in [0, 0.1) is 5.82 Å². The highest BCUT2D eigenvalue weighted by Crippen LogP contribution is 2.43. The molecule has 0 aliphatic heterocycles. The van der Waals surface area contributed by atoms with E-state index in [4.69, 9.17) is 4.74 Å². The zero-order valence-electron chi connectivity index (χ0n) is 16.4. The number of nitrogens with zero attached hydrogens (tertiary/aromatic N) is 1. The van der Waals surface area contributed by atoms with Gasteiger partial charge < -0.3 is 14.4 Å². The Bertz CT molecular complexity index is 1450. The molecule has 2 N–H and O–H groups in total. The molecule has 0 radical (unpaired) electrons. The van der Waals surface area contributed by atoms with Crippen LogP contribution in [0.3, 0.4) is 0 Å². The first-order valence-electron chi connectivity index (χ1n) is 9.74. The van der Waals surface area contributed by atoms with Gasteiger partial charge in [0.1, 0.15) is 16.0 Å². The molecule has 5 rings (SSSR count). The van der Waals surface area contributed by atoms with Gasteiger partial charge in [0, 0.05) is 17.0 Å². The van der Waals surface area contributed by atoms with Crippen LogP contribution in [-0.4, -0.2) is 21.2 Å². The fourth-order valence-electron chi connectivity index (χ4n) is 4.21. The Morgan fingerprint density at radius 1 is 1.30 bits per heavy atom. The predicted molar refractivity (Wildman–Crippen MR) is 115 cm³/mol. The molecule has 0 spiro atoms. The van der Waals surface area contributed by atoms with Crippen molar-refractivity contribution >= 4 is 32.7 Å². The number of ether oxygens (including phenoxy) is 1. The maximum Gasteiger partial charge on any atom is 0.271 e.